The van der Waals surface area contributed by atoms with Crippen LogP contribution in [0, 0.1) is 0 Å². The standard InChI is InChI=1S/C45H31N3/c1-5-17-32(18-6-1)43-44(33-19-7-2-8-20-33)47-40-31-36(29-30-39(40)46-43)48-41-27-15-13-25-37(41)45(34-21-9-3-10-22-34,35-23-11-4-12-24-35)38-26-14-16-28-42(38)48/h1-31H. The maximum atomic E-state index is 5.32. The molecular formula is C45H31N3. The molecule has 0 aliphatic carbocycles. The number of hydrogen-bond acceptors (Lipinski definition) is 3. The zero-order chi connectivity index (χ0) is 31.9. The van der Waals surface area contributed by atoms with Gasteiger partial charge in [-0.25, -0.2) is 9.97 Å². The first-order valence-electron chi connectivity index (χ1n) is 16.4. The van der Waals surface area contributed by atoms with Crippen LogP contribution >= 0.6 is 0 Å². The molecule has 3 heteroatoms. The monoisotopic (exact) mass is 613 g/mol. The highest BCUT2D eigenvalue weighted by molar-refractivity contribution is 5.93. The van der Waals surface area contributed by atoms with Crippen molar-refractivity contribution in [2.24, 2.45) is 0 Å². The minimum Gasteiger partial charge on any atom is -0.310 e. The fraction of sp³-hybridized carbons (Fsp3) is 0.0222. The van der Waals surface area contributed by atoms with Gasteiger partial charge in [0, 0.05) is 16.8 Å². The Hall–Kier alpha value is -6.32. The van der Waals surface area contributed by atoms with Crippen molar-refractivity contribution in [3.63, 3.8) is 0 Å². The Balaban J connectivity index is 1.30. The zero-order valence-electron chi connectivity index (χ0n) is 26.2. The molecule has 3 nitrogen and oxygen atoms in total. The van der Waals surface area contributed by atoms with Gasteiger partial charge in [0.2, 0.25) is 0 Å². The van der Waals surface area contributed by atoms with Gasteiger partial charge in [-0.2, -0.15) is 0 Å². The van der Waals surface area contributed by atoms with Gasteiger partial charge in [-0.05, 0) is 52.6 Å². The number of rotatable bonds is 5. The van der Waals surface area contributed by atoms with Gasteiger partial charge in [-0.3, -0.25) is 0 Å². The molecule has 0 bridgehead atoms. The topological polar surface area (TPSA) is 29.0 Å². The predicted molar refractivity (Wildman–Crippen MR) is 197 cm³/mol. The van der Waals surface area contributed by atoms with Crippen molar-refractivity contribution in [3.05, 3.63) is 210 Å². The van der Waals surface area contributed by atoms with Crippen LogP contribution in [0.3, 0.4) is 0 Å². The normalized spacial score (nSPS) is 13.1. The fourth-order valence-electron chi connectivity index (χ4n) is 7.47. The average Bonchev–Trinajstić information content (AvgIpc) is 3.17. The minimum atomic E-state index is -0.506. The molecule has 8 aromatic rings. The lowest BCUT2D eigenvalue weighted by Gasteiger charge is -2.46. The highest BCUT2D eigenvalue weighted by Crippen LogP contribution is 2.57. The molecule has 48 heavy (non-hydrogen) atoms. The van der Waals surface area contributed by atoms with Crippen LogP contribution in [-0.2, 0) is 5.41 Å². The SMILES string of the molecule is c1ccc(-c2nc3ccc(N4c5ccccc5C(c5ccccc5)(c5ccccc5)c5ccccc54)cc3nc2-c2ccccc2)cc1. The van der Waals surface area contributed by atoms with E-state index in [9.17, 15) is 0 Å². The molecule has 7 aromatic carbocycles. The van der Waals surface area contributed by atoms with Crippen LogP contribution < -0.4 is 4.90 Å². The molecule has 1 aliphatic rings. The molecule has 2 heterocycles. The molecule has 0 unspecified atom stereocenters. The summed E-state index contributed by atoms with van der Waals surface area (Å²) in [7, 11) is 0. The molecular weight excluding hydrogens is 583 g/mol. The second-order valence-corrected chi connectivity index (χ2v) is 12.2. The summed E-state index contributed by atoms with van der Waals surface area (Å²) in [5.41, 5.74) is 13.3. The molecule has 0 saturated heterocycles. The van der Waals surface area contributed by atoms with Gasteiger partial charge < -0.3 is 4.90 Å². The lowest BCUT2D eigenvalue weighted by molar-refractivity contribution is 0.731. The fourth-order valence-corrected chi connectivity index (χ4v) is 7.47. The van der Waals surface area contributed by atoms with Gasteiger partial charge in [0.15, 0.2) is 0 Å². The molecule has 1 aliphatic heterocycles. The highest BCUT2D eigenvalue weighted by atomic mass is 15.2. The number of benzene rings is 7. The van der Waals surface area contributed by atoms with Crippen LogP contribution in [0.4, 0.5) is 17.1 Å². The molecule has 0 atom stereocenters. The number of hydrogen-bond donors (Lipinski definition) is 0. The summed E-state index contributed by atoms with van der Waals surface area (Å²) in [6.45, 7) is 0. The Morgan fingerprint density at radius 1 is 0.375 bits per heavy atom. The van der Waals surface area contributed by atoms with Crippen molar-refractivity contribution in [2.45, 2.75) is 5.41 Å². The van der Waals surface area contributed by atoms with Gasteiger partial charge >= 0.3 is 0 Å². The first-order valence-corrected chi connectivity index (χ1v) is 16.4. The van der Waals surface area contributed by atoms with E-state index in [1.807, 2.05) is 12.1 Å². The molecule has 0 radical (unpaired) electrons. The van der Waals surface area contributed by atoms with Crippen LogP contribution in [0.5, 0.6) is 0 Å². The zero-order valence-corrected chi connectivity index (χ0v) is 26.2. The molecule has 0 fully saturated rings. The van der Waals surface area contributed by atoms with E-state index in [1.165, 1.54) is 22.3 Å². The van der Waals surface area contributed by atoms with E-state index in [0.29, 0.717) is 0 Å². The highest BCUT2D eigenvalue weighted by Gasteiger charge is 2.46. The summed E-state index contributed by atoms with van der Waals surface area (Å²) in [5.74, 6) is 0. The van der Waals surface area contributed by atoms with Crippen molar-refractivity contribution in [1.82, 2.24) is 9.97 Å². The van der Waals surface area contributed by atoms with Crippen LogP contribution in [0.15, 0.2) is 188 Å². The number of nitrogens with zero attached hydrogens (tertiary/aromatic N) is 3. The van der Waals surface area contributed by atoms with Gasteiger partial charge in [-0.1, -0.05) is 158 Å². The molecule has 0 N–H and O–H groups in total. The van der Waals surface area contributed by atoms with Crippen molar-refractivity contribution >= 4 is 28.1 Å². The molecule has 0 amide bonds. The van der Waals surface area contributed by atoms with Gasteiger partial charge in [0.1, 0.15) is 0 Å². The summed E-state index contributed by atoms with van der Waals surface area (Å²) in [4.78, 5) is 12.9. The molecule has 1 aromatic heterocycles. The third kappa shape index (κ3) is 4.36. The quantitative estimate of drug-likeness (QED) is 0.193. The largest absolute Gasteiger partial charge is 0.310 e. The van der Waals surface area contributed by atoms with Gasteiger partial charge in [0.05, 0.1) is 39.2 Å². The molecule has 226 valence electrons. The van der Waals surface area contributed by atoms with Gasteiger partial charge in [-0.15, -0.1) is 0 Å². The first kappa shape index (κ1) is 27.9. The van der Waals surface area contributed by atoms with E-state index in [4.69, 9.17) is 9.97 Å². The van der Waals surface area contributed by atoms with Crippen LogP contribution in [0.25, 0.3) is 33.5 Å². The van der Waals surface area contributed by atoms with Gasteiger partial charge in [0.25, 0.3) is 0 Å². The van der Waals surface area contributed by atoms with Crippen LogP contribution in [0.2, 0.25) is 0 Å². The second-order valence-electron chi connectivity index (χ2n) is 12.2. The Kier molecular flexibility index (Phi) is 6.69. The summed E-state index contributed by atoms with van der Waals surface area (Å²) in [6.07, 6.45) is 0. The number of para-hydroxylation sites is 2. The van der Waals surface area contributed by atoms with E-state index in [1.54, 1.807) is 0 Å². The lowest BCUT2D eigenvalue weighted by atomic mass is 9.62. The third-order valence-corrected chi connectivity index (χ3v) is 9.51. The maximum Gasteiger partial charge on any atom is 0.0973 e. The molecule has 0 spiro atoms. The van der Waals surface area contributed by atoms with E-state index in [0.717, 1.165) is 50.6 Å². The van der Waals surface area contributed by atoms with E-state index >= 15 is 0 Å². The smallest absolute Gasteiger partial charge is 0.0973 e. The van der Waals surface area contributed by atoms with E-state index in [2.05, 4.69) is 181 Å². The number of fused-ring (bicyclic) bond motifs is 3. The molecule has 0 saturated carbocycles. The predicted octanol–water partition coefficient (Wildman–Crippen LogP) is 11.1. The minimum absolute atomic E-state index is 0.506. The third-order valence-electron chi connectivity index (χ3n) is 9.51. The lowest BCUT2D eigenvalue weighted by Crippen LogP contribution is -2.37. The Morgan fingerprint density at radius 2 is 0.792 bits per heavy atom. The van der Waals surface area contributed by atoms with E-state index < -0.39 is 5.41 Å². The Morgan fingerprint density at radius 3 is 1.29 bits per heavy atom. The van der Waals surface area contributed by atoms with Crippen molar-refractivity contribution in [3.8, 4) is 22.5 Å². The maximum absolute atomic E-state index is 5.32. The second kappa shape index (κ2) is 11.5. The average molecular weight is 614 g/mol. The first-order chi connectivity index (χ1) is 23.8. The summed E-state index contributed by atoms with van der Waals surface area (Å²) >= 11 is 0. The van der Waals surface area contributed by atoms with Crippen LogP contribution in [0.1, 0.15) is 22.3 Å². The summed E-state index contributed by atoms with van der Waals surface area (Å²) < 4.78 is 0. The Labute approximate surface area is 280 Å². The molecule has 9 rings (SSSR count). The van der Waals surface area contributed by atoms with Crippen molar-refractivity contribution < 1.29 is 0 Å². The van der Waals surface area contributed by atoms with Crippen molar-refractivity contribution in [1.29, 1.82) is 0 Å². The summed E-state index contributed by atoms with van der Waals surface area (Å²) in [6, 6.07) is 66.7. The Bertz CT molecular complexity index is 2300. The number of anilines is 3. The van der Waals surface area contributed by atoms with Crippen LogP contribution in [-0.4, -0.2) is 9.97 Å². The van der Waals surface area contributed by atoms with E-state index in [-0.39, 0.29) is 0 Å². The summed E-state index contributed by atoms with van der Waals surface area (Å²) in [5, 5.41) is 0. The van der Waals surface area contributed by atoms with Crippen molar-refractivity contribution in [2.75, 3.05) is 4.90 Å². The number of aromatic nitrogens is 2.